The first-order valence-corrected chi connectivity index (χ1v) is 9.67. The Morgan fingerprint density at radius 2 is 1.93 bits per heavy atom. The summed E-state index contributed by atoms with van der Waals surface area (Å²) in [6.07, 6.45) is 6.10. The standard InChI is InChI=1S/C24H24N4O/c1-15(2)7-8-17-5-4-6-19(14-17)29-21-10-9-18(13-16(21)3)24-27-20-11-12-26-22(20)23(25)28-24/h4-15,26H,1-3H3,(H2,25,27,28)/b8-7+. The molecule has 0 radical (unpaired) electrons. The third-order valence-electron chi connectivity index (χ3n) is 4.63. The first kappa shape index (κ1) is 18.7. The van der Waals surface area contributed by atoms with Crippen molar-refractivity contribution in [3.05, 3.63) is 71.9 Å². The Labute approximate surface area is 170 Å². The van der Waals surface area contributed by atoms with E-state index in [0.29, 0.717) is 17.6 Å². The van der Waals surface area contributed by atoms with Crippen LogP contribution in [0.25, 0.3) is 28.5 Å². The summed E-state index contributed by atoms with van der Waals surface area (Å²) in [6, 6.07) is 15.9. The van der Waals surface area contributed by atoms with Crippen LogP contribution >= 0.6 is 0 Å². The van der Waals surface area contributed by atoms with Crippen molar-refractivity contribution in [3.63, 3.8) is 0 Å². The summed E-state index contributed by atoms with van der Waals surface area (Å²) in [4.78, 5) is 12.1. The molecular weight excluding hydrogens is 360 g/mol. The number of ether oxygens (including phenoxy) is 1. The van der Waals surface area contributed by atoms with E-state index in [1.54, 1.807) is 0 Å². The maximum Gasteiger partial charge on any atom is 0.162 e. The number of nitrogens with zero attached hydrogens (tertiary/aromatic N) is 2. The number of allylic oxidation sites excluding steroid dienone is 1. The highest BCUT2D eigenvalue weighted by atomic mass is 16.5. The van der Waals surface area contributed by atoms with Gasteiger partial charge in [0, 0.05) is 11.8 Å². The van der Waals surface area contributed by atoms with Crippen LogP contribution in [0, 0.1) is 12.8 Å². The molecule has 146 valence electrons. The van der Waals surface area contributed by atoms with E-state index in [9.17, 15) is 0 Å². The Hall–Kier alpha value is -3.60. The van der Waals surface area contributed by atoms with Crippen molar-refractivity contribution < 1.29 is 4.74 Å². The summed E-state index contributed by atoms with van der Waals surface area (Å²) in [5.41, 5.74) is 10.6. The quantitative estimate of drug-likeness (QED) is 0.444. The Bertz CT molecular complexity index is 1190. The number of nitrogens with one attached hydrogen (secondary N) is 1. The number of rotatable bonds is 5. The maximum absolute atomic E-state index is 6.12. The van der Waals surface area contributed by atoms with E-state index >= 15 is 0 Å². The lowest BCUT2D eigenvalue weighted by Crippen LogP contribution is -1.97. The number of nitrogen functional groups attached to an aromatic ring is 1. The normalized spacial score (nSPS) is 11.6. The van der Waals surface area contributed by atoms with Gasteiger partial charge in [-0.1, -0.05) is 38.1 Å². The maximum atomic E-state index is 6.12. The number of hydrogen-bond acceptors (Lipinski definition) is 4. The molecule has 2 aromatic heterocycles. The largest absolute Gasteiger partial charge is 0.457 e. The van der Waals surface area contributed by atoms with E-state index in [4.69, 9.17) is 10.5 Å². The molecule has 3 N–H and O–H groups in total. The molecule has 0 atom stereocenters. The van der Waals surface area contributed by atoms with E-state index in [2.05, 4.69) is 47.0 Å². The number of aromatic amines is 1. The number of anilines is 1. The summed E-state index contributed by atoms with van der Waals surface area (Å²) in [5, 5.41) is 0. The van der Waals surface area contributed by atoms with E-state index in [1.807, 2.05) is 55.6 Å². The predicted molar refractivity (Wildman–Crippen MR) is 119 cm³/mol. The number of hydrogen-bond donors (Lipinski definition) is 2. The summed E-state index contributed by atoms with van der Waals surface area (Å²) in [5.74, 6) is 3.16. The highest BCUT2D eigenvalue weighted by Gasteiger charge is 2.10. The molecule has 0 aliphatic heterocycles. The summed E-state index contributed by atoms with van der Waals surface area (Å²) in [7, 11) is 0. The molecule has 5 nitrogen and oxygen atoms in total. The van der Waals surface area contributed by atoms with Gasteiger partial charge in [0.2, 0.25) is 0 Å². The Morgan fingerprint density at radius 3 is 2.72 bits per heavy atom. The first-order valence-electron chi connectivity index (χ1n) is 9.67. The van der Waals surface area contributed by atoms with Gasteiger partial charge in [-0.15, -0.1) is 0 Å². The number of nitrogens with two attached hydrogens (primary N) is 1. The second kappa shape index (κ2) is 7.80. The van der Waals surface area contributed by atoms with Crippen LogP contribution in [0.2, 0.25) is 0 Å². The van der Waals surface area contributed by atoms with Gasteiger partial charge in [-0.25, -0.2) is 9.97 Å². The minimum absolute atomic E-state index is 0.444. The van der Waals surface area contributed by atoms with Crippen LogP contribution in [0.3, 0.4) is 0 Å². The summed E-state index contributed by atoms with van der Waals surface area (Å²) < 4.78 is 6.12. The molecule has 0 bridgehead atoms. The fraction of sp³-hybridized carbons (Fsp3) is 0.167. The topological polar surface area (TPSA) is 76.8 Å². The fourth-order valence-electron chi connectivity index (χ4n) is 3.11. The molecule has 2 heterocycles. The van der Waals surface area contributed by atoms with Crippen molar-refractivity contribution in [2.45, 2.75) is 20.8 Å². The van der Waals surface area contributed by atoms with Crippen LogP contribution < -0.4 is 10.5 Å². The molecule has 4 aromatic rings. The number of aromatic nitrogens is 3. The molecule has 0 unspecified atom stereocenters. The third-order valence-corrected chi connectivity index (χ3v) is 4.63. The van der Waals surface area contributed by atoms with Crippen molar-refractivity contribution in [3.8, 4) is 22.9 Å². The van der Waals surface area contributed by atoms with E-state index in [-0.39, 0.29) is 0 Å². The molecule has 0 saturated carbocycles. The Kier molecular flexibility index (Phi) is 5.04. The molecular formula is C24H24N4O. The third kappa shape index (κ3) is 4.14. The Balaban J connectivity index is 1.60. The highest BCUT2D eigenvalue weighted by Crippen LogP contribution is 2.30. The molecule has 0 amide bonds. The van der Waals surface area contributed by atoms with Crippen molar-refractivity contribution >= 4 is 22.9 Å². The average Bonchev–Trinajstić information content (AvgIpc) is 3.17. The van der Waals surface area contributed by atoms with Gasteiger partial charge in [0.1, 0.15) is 17.0 Å². The molecule has 4 rings (SSSR count). The number of fused-ring (bicyclic) bond motifs is 1. The van der Waals surface area contributed by atoms with Gasteiger partial charge >= 0.3 is 0 Å². The van der Waals surface area contributed by atoms with Crippen LogP contribution in [0.15, 0.2) is 60.8 Å². The van der Waals surface area contributed by atoms with Gasteiger partial charge in [0.15, 0.2) is 11.6 Å². The van der Waals surface area contributed by atoms with Crippen LogP contribution in [0.4, 0.5) is 5.82 Å². The highest BCUT2D eigenvalue weighted by molar-refractivity contribution is 5.86. The van der Waals surface area contributed by atoms with Crippen molar-refractivity contribution in [2.75, 3.05) is 5.73 Å². The minimum Gasteiger partial charge on any atom is -0.457 e. The molecule has 0 aliphatic carbocycles. The number of H-pyrrole nitrogens is 1. The zero-order valence-electron chi connectivity index (χ0n) is 16.8. The lowest BCUT2D eigenvalue weighted by Gasteiger charge is -2.11. The second-order valence-electron chi connectivity index (χ2n) is 7.43. The molecule has 5 heteroatoms. The fourth-order valence-corrected chi connectivity index (χ4v) is 3.11. The zero-order chi connectivity index (χ0) is 20.4. The van der Waals surface area contributed by atoms with Crippen LogP contribution in [-0.2, 0) is 0 Å². The zero-order valence-corrected chi connectivity index (χ0v) is 16.8. The predicted octanol–water partition coefficient (Wildman–Crippen LogP) is 5.98. The lowest BCUT2D eigenvalue weighted by molar-refractivity contribution is 0.479. The van der Waals surface area contributed by atoms with E-state index in [1.165, 1.54) is 0 Å². The molecule has 0 saturated heterocycles. The van der Waals surface area contributed by atoms with Gasteiger partial charge in [-0.2, -0.15) is 0 Å². The SMILES string of the molecule is Cc1cc(-c2nc(N)c3[nH]ccc3n2)ccc1Oc1cccc(/C=C/C(C)C)c1. The van der Waals surface area contributed by atoms with Crippen LogP contribution in [0.1, 0.15) is 25.0 Å². The average molecular weight is 384 g/mol. The van der Waals surface area contributed by atoms with Gasteiger partial charge in [-0.05, 0) is 60.4 Å². The van der Waals surface area contributed by atoms with Crippen molar-refractivity contribution in [1.82, 2.24) is 15.0 Å². The second-order valence-corrected chi connectivity index (χ2v) is 7.43. The Morgan fingerprint density at radius 1 is 1.07 bits per heavy atom. The van der Waals surface area contributed by atoms with E-state index < -0.39 is 0 Å². The summed E-state index contributed by atoms with van der Waals surface area (Å²) >= 11 is 0. The number of aryl methyl sites for hydroxylation is 1. The smallest absolute Gasteiger partial charge is 0.162 e. The van der Waals surface area contributed by atoms with Crippen LogP contribution in [-0.4, -0.2) is 15.0 Å². The van der Waals surface area contributed by atoms with Crippen molar-refractivity contribution in [1.29, 1.82) is 0 Å². The molecule has 0 spiro atoms. The van der Waals surface area contributed by atoms with Gasteiger partial charge in [0.25, 0.3) is 0 Å². The van der Waals surface area contributed by atoms with Crippen LogP contribution in [0.5, 0.6) is 11.5 Å². The first-order chi connectivity index (χ1) is 14.0. The van der Waals surface area contributed by atoms with Gasteiger partial charge < -0.3 is 15.5 Å². The number of benzene rings is 2. The summed E-state index contributed by atoms with van der Waals surface area (Å²) in [6.45, 7) is 6.33. The molecule has 0 fully saturated rings. The molecule has 0 aliphatic rings. The van der Waals surface area contributed by atoms with Gasteiger partial charge in [-0.3, -0.25) is 0 Å². The van der Waals surface area contributed by atoms with E-state index in [0.717, 1.165) is 39.2 Å². The van der Waals surface area contributed by atoms with Gasteiger partial charge in [0.05, 0.1) is 5.52 Å². The molecule has 29 heavy (non-hydrogen) atoms. The monoisotopic (exact) mass is 384 g/mol. The van der Waals surface area contributed by atoms with Crippen molar-refractivity contribution in [2.24, 2.45) is 5.92 Å². The lowest BCUT2D eigenvalue weighted by atomic mass is 10.1. The minimum atomic E-state index is 0.444. The molecule has 2 aromatic carbocycles.